The third-order valence-corrected chi connectivity index (χ3v) is 5.61. The van der Waals surface area contributed by atoms with Gasteiger partial charge in [-0.15, -0.1) is 11.3 Å². The number of hydrogen-bond donors (Lipinski definition) is 2. The highest BCUT2D eigenvalue weighted by Crippen LogP contribution is 2.38. The molecule has 2 amide bonds. The second-order valence-electron chi connectivity index (χ2n) is 6.53. The molecule has 1 aromatic heterocycles. The van der Waals surface area contributed by atoms with Crippen molar-refractivity contribution in [3.63, 3.8) is 0 Å². The largest absolute Gasteiger partial charge is 0.508 e. The molecule has 0 radical (unpaired) electrons. The van der Waals surface area contributed by atoms with Crippen molar-refractivity contribution in [1.82, 2.24) is 10.3 Å². The predicted molar refractivity (Wildman–Crippen MR) is 112 cm³/mol. The Morgan fingerprint density at radius 3 is 2.82 bits per heavy atom. The number of nitrogens with one attached hydrogen (secondary N) is 1. The topological polar surface area (TPSA) is 86.9 Å². The zero-order valence-electron chi connectivity index (χ0n) is 15.2. The Morgan fingerprint density at radius 2 is 2.04 bits per heavy atom. The Morgan fingerprint density at radius 1 is 1.21 bits per heavy atom. The van der Waals surface area contributed by atoms with Crippen molar-refractivity contribution in [2.24, 2.45) is 9.98 Å². The van der Waals surface area contributed by atoms with Crippen LogP contribution in [0.5, 0.6) is 5.75 Å². The van der Waals surface area contributed by atoms with Crippen molar-refractivity contribution in [1.29, 1.82) is 0 Å². The number of amides is 2. The molecular weight excluding hydrogens is 372 g/mol. The smallest absolute Gasteiger partial charge is 0.341 e. The van der Waals surface area contributed by atoms with Gasteiger partial charge in [0.15, 0.2) is 0 Å². The molecule has 2 N–H and O–H groups in total. The maximum Gasteiger partial charge on any atom is 0.341 e. The zero-order valence-corrected chi connectivity index (χ0v) is 16.0. The minimum Gasteiger partial charge on any atom is -0.508 e. The number of phenolic OH excluding ortho intramolecular Hbond substituents is 1. The molecule has 2 atom stereocenters. The number of rotatable bonds is 4. The van der Waals surface area contributed by atoms with Crippen LogP contribution in [0.3, 0.4) is 0 Å². The number of carbonyl (C=O) groups excluding carboxylic acids is 1. The number of carbonyl (C=O) groups is 1. The summed E-state index contributed by atoms with van der Waals surface area (Å²) in [7, 11) is 0. The van der Waals surface area contributed by atoms with E-state index in [0.717, 1.165) is 27.5 Å². The monoisotopic (exact) mass is 390 g/mol. The molecule has 1 aliphatic heterocycles. The van der Waals surface area contributed by atoms with Crippen molar-refractivity contribution in [3.8, 4) is 17.0 Å². The fraction of sp³-hybridized carbons (Fsp3) is 0.143. The Labute approximate surface area is 166 Å². The summed E-state index contributed by atoms with van der Waals surface area (Å²) in [5.41, 5.74) is 4.08. The lowest BCUT2D eigenvalue weighted by molar-refractivity contribution is 0.243. The van der Waals surface area contributed by atoms with E-state index in [9.17, 15) is 9.90 Å². The highest BCUT2D eigenvalue weighted by Gasteiger charge is 2.35. The second kappa shape index (κ2) is 7.36. The van der Waals surface area contributed by atoms with Crippen LogP contribution in [0.15, 0.2) is 63.9 Å². The van der Waals surface area contributed by atoms with Gasteiger partial charge in [-0.05, 0) is 43.5 Å². The molecule has 3 aromatic rings. The molecule has 0 aliphatic carbocycles. The summed E-state index contributed by atoms with van der Waals surface area (Å²) in [6.07, 6.45) is 0. The van der Waals surface area contributed by atoms with Crippen molar-refractivity contribution in [2.75, 3.05) is 0 Å². The Balaban J connectivity index is 1.75. The number of nitrogens with zero attached hydrogens (tertiary/aromatic N) is 3. The summed E-state index contributed by atoms with van der Waals surface area (Å²) in [5.74, 6) is -0.0572. The molecule has 0 fully saturated rings. The first-order chi connectivity index (χ1) is 13.5. The van der Waals surface area contributed by atoms with Crippen LogP contribution in [-0.4, -0.2) is 28.6 Å². The SMILES string of the molecule is C=Nc1cccc(-c2csc(C3C(C)=NC(=O)NC3c3cccc(O)c3)n2)c1. The van der Waals surface area contributed by atoms with Crippen LogP contribution in [0.1, 0.15) is 29.5 Å². The Kier molecular flexibility index (Phi) is 4.75. The summed E-state index contributed by atoms with van der Waals surface area (Å²) in [5, 5.41) is 15.6. The molecule has 140 valence electrons. The lowest BCUT2D eigenvalue weighted by Gasteiger charge is -2.30. The summed E-state index contributed by atoms with van der Waals surface area (Å²) in [6, 6.07) is 13.9. The number of hydrogen-bond acceptors (Lipinski definition) is 5. The van der Waals surface area contributed by atoms with Gasteiger partial charge >= 0.3 is 6.03 Å². The third kappa shape index (κ3) is 3.44. The zero-order chi connectivity index (χ0) is 19.7. The molecule has 0 saturated heterocycles. The first kappa shape index (κ1) is 18.1. The second-order valence-corrected chi connectivity index (χ2v) is 7.42. The maximum absolute atomic E-state index is 12.0. The van der Waals surface area contributed by atoms with E-state index < -0.39 is 0 Å². The Bertz CT molecular complexity index is 1090. The quantitative estimate of drug-likeness (QED) is 0.624. The molecule has 0 bridgehead atoms. The van der Waals surface area contributed by atoms with E-state index in [-0.39, 0.29) is 23.7 Å². The van der Waals surface area contributed by atoms with Crippen LogP contribution in [0, 0.1) is 0 Å². The first-order valence-corrected chi connectivity index (χ1v) is 9.60. The molecule has 2 heterocycles. The highest BCUT2D eigenvalue weighted by molar-refractivity contribution is 7.10. The average molecular weight is 390 g/mol. The fourth-order valence-corrected chi connectivity index (χ4v) is 4.39. The van der Waals surface area contributed by atoms with E-state index in [0.29, 0.717) is 5.71 Å². The molecule has 6 nitrogen and oxygen atoms in total. The fourth-order valence-electron chi connectivity index (χ4n) is 3.36. The van der Waals surface area contributed by atoms with Crippen LogP contribution in [0.2, 0.25) is 0 Å². The van der Waals surface area contributed by atoms with Crippen LogP contribution in [0.25, 0.3) is 11.3 Å². The first-order valence-electron chi connectivity index (χ1n) is 8.72. The van der Waals surface area contributed by atoms with Gasteiger partial charge in [0.1, 0.15) is 10.8 Å². The van der Waals surface area contributed by atoms with Gasteiger partial charge in [0, 0.05) is 16.7 Å². The molecule has 0 saturated carbocycles. The number of aromatic hydroxyl groups is 1. The van der Waals surface area contributed by atoms with E-state index >= 15 is 0 Å². The lowest BCUT2D eigenvalue weighted by Crippen LogP contribution is -2.38. The third-order valence-electron chi connectivity index (χ3n) is 4.68. The standard InChI is InChI=1S/C21H18N4O2S/c1-12-18(19(25-21(27)23-12)14-6-4-8-16(26)10-14)20-24-17(11-28-20)13-5-3-7-15(9-13)22-2/h3-11,18-19,26H,2H2,1H3,(H,25,27). The summed E-state index contributed by atoms with van der Waals surface area (Å²) < 4.78 is 0. The molecule has 7 heteroatoms. The van der Waals surface area contributed by atoms with Gasteiger partial charge in [0.2, 0.25) is 0 Å². The lowest BCUT2D eigenvalue weighted by atomic mass is 9.88. The van der Waals surface area contributed by atoms with Crippen LogP contribution < -0.4 is 5.32 Å². The van der Waals surface area contributed by atoms with Gasteiger partial charge in [0.05, 0.1) is 23.3 Å². The van der Waals surface area contributed by atoms with Gasteiger partial charge in [-0.1, -0.05) is 24.3 Å². The molecule has 0 spiro atoms. The number of aromatic nitrogens is 1. The minimum absolute atomic E-state index is 0.152. The number of aliphatic imine (C=N–C) groups is 2. The van der Waals surface area contributed by atoms with Crippen LogP contribution in [-0.2, 0) is 0 Å². The van der Waals surface area contributed by atoms with Crippen molar-refractivity contribution >= 4 is 35.5 Å². The number of phenols is 1. The molecule has 1 aliphatic rings. The van der Waals surface area contributed by atoms with Crippen LogP contribution >= 0.6 is 11.3 Å². The van der Waals surface area contributed by atoms with Gasteiger partial charge in [-0.2, -0.15) is 0 Å². The summed E-state index contributed by atoms with van der Waals surface area (Å²) in [6.45, 7) is 5.40. The van der Waals surface area contributed by atoms with Crippen LogP contribution in [0.4, 0.5) is 10.5 Å². The van der Waals surface area contributed by atoms with E-state index in [1.807, 2.05) is 42.6 Å². The summed E-state index contributed by atoms with van der Waals surface area (Å²) in [4.78, 5) is 24.9. The average Bonchev–Trinajstić information content (AvgIpc) is 3.17. The molecular formula is C21H18N4O2S. The van der Waals surface area contributed by atoms with Gasteiger partial charge in [-0.3, -0.25) is 4.99 Å². The summed E-state index contributed by atoms with van der Waals surface area (Å²) >= 11 is 1.52. The number of benzene rings is 2. The van der Waals surface area contributed by atoms with Gasteiger partial charge in [-0.25, -0.2) is 14.8 Å². The molecule has 4 rings (SSSR count). The maximum atomic E-state index is 12.0. The number of urea groups is 1. The van der Waals surface area contributed by atoms with E-state index in [1.54, 1.807) is 18.2 Å². The predicted octanol–water partition coefficient (Wildman–Crippen LogP) is 4.86. The molecule has 2 aromatic carbocycles. The van der Waals surface area contributed by atoms with Crippen molar-refractivity contribution < 1.29 is 9.90 Å². The van der Waals surface area contributed by atoms with Crippen molar-refractivity contribution in [2.45, 2.75) is 18.9 Å². The molecule has 2 unspecified atom stereocenters. The van der Waals surface area contributed by atoms with Gasteiger partial charge < -0.3 is 10.4 Å². The van der Waals surface area contributed by atoms with Crippen molar-refractivity contribution in [3.05, 3.63) is 64.5 Å². The van der Waals surface area contributed by atoms with E-state index in [1.165, 1.54) is 11.3 Å². The van der Waals surface area contributed by atoms with E-state index in [2.05, 4.69) is 22.0 Å². The minimum atomic E-state index is -0.386. The Hall–Kier alpha value is -3.32. The van der Waals surface area contributed by atoms with Gasteiger partial charge in [0.25, 0.3) is 0 Å². The molecule has 28 heavy (non-hydrogen) atoms. The highest BCUT2D eigenvalue weighted by atomic mass is 32.1. The number of thiazole rings is 1. The van der Waals surface area contributed by atoms with E-state index in [4.69, 9.17) is 4.98 Å². The normalized spacial score (nSPS) is 19.0.